The minimum atomic E-state index is -0.654. The van der Waals surface area contributed by atoms with Crippen LogP contribution in [0.2, 0.25) is 0 Å². The molecule has 3 rings (SSSR count). The van der Waals surface area contributed by atoms with Crippen molar-refractivity contribution in [2.24, 2.45) is 11.3 Å². The summed E-state index contributed by atoms with van der Waals surface area (Å²) in [6.45, 7) is 8.48. The number of ketones is 1. The third-order valence-electron chi connectivity index (χ3n) is 6.99. The fraction of sp³-hybridized carbons (Fsp3) is 0.462. The van der Waals surface area contributed by atoms with Crippen molar-refractivity contribution in [1.29, 1.82) is 0 Å². The molecule has 7 heteroatoms. The Labute approximate surface area is 208 Å². The van der Waals surface area contributed by atoms with Gasteiger partial charge in [0.1, 0.15) is 6.10 Å². The van der Waals surface area contributed by atoms with Gasteiger partial charge in [-0.25, -0.2) is 4.79 Å². The van der Waals surface area contributed by atoms with Crippen molar-refractivity contribution in [3.63, 3.8) is 0 Å². The van der Waals surface area contributed by atoms with Gasteiger partial charge in [-0.1, -0.05) is 31.1 Å². The number of nitrogens with zero attached hydrogens (tertiary/aromatic N) is 1. The molecule has 0 saturated heterocycles. The summed E-state index contributed by atoms with van der Waals surface area (Å²) in [4.78, 5) is 36.7. The van der Waals surface area contributed by atoms with Gasteiger partial charge in [-0.2, -0.15) is 0 Å². The number of benzene rings is 1. The molecule has 33 heavy (non-hydrogen) atoms. The minimum absolute atomic E-state index is 0.0923. The van der Waals surface area contributed by atoms with E-state index in [4.69, 9.17) is 4.74 Å². The third-order valence-corrected chi connectivity index (χ3v) is 8.80. The molecule has 2 bridgehead atoms. The van der Waals surface area contributed by atoms with Gasteiger partial charge >= 0.3 is 5.97 Å². The zero-order chi connectivity index (χ0) is 24.3. The Morgan fingerprint density at radius 1 is 1.18 bits per heavy atom. The number of ether oxygens (including phenoxy) is 1. The summed E-state index contributed by atoms with van der Waals surface area (Å²) < 4.78 is 6.83. The number of hydrogen-bond acceptors (Lipinski definition) is 5. The monoisotopic (exact) mass is 563 g/mol. The van der Waals surface area contributed by atoms with Gasteiger partial charge in [0.25, 0.3) is 5.69 Å². The van der Waals surface area contributed by atoms with Crippen LogP contribution < -0.4 is 0 Å². The van der Waals surface area contributed by atoms with Gasteiger partial charge in [0.05, 0.1) is 10.5 Å². The van der Waals surface area contributed by atoms with Crippen LogP contribution in [0.5, 0.6) is 0 Å². The molecule has 0 radical (unpaired) electrons. The average molecular weight is 563 g/mol. The topological polar surface area (TPSA) is 86.5 Å². The maximum absolute atomic E-state index is 13.4. The highest BCUT2D eigenvalue weighted by Crippen LogP contribution is 2.52. The van der Waals surface area contributed by atoms with E-state index in [2.05, 4.69) is 49.4 Å². The van der Waals surface area contributed by atoms with E-state index in [0.29, 0.717) is 12.0 Å². The van der Waals surface area contributed by atoms with E-state index >= 15 is 0 Å². The first-order valence-electron chi connectivity index (χ1n) is 11.3. The number of esters is 1. The van der Waals surface area contributed by atoms with Crippen LogP contribution in [0.1, 0.15) is 70.2 Å². The fourth-order valence-electron chi connectivity index (χ4n) is 4.49. The highest BCUT2D eigenvalue weighted by molar-refractivity contribution is 14.1. The normalized spacial score (nSPS) is 29.7. The highest BCUT2D eigenvalue weighted by Gasteiger charge is 2.45. The molecule has 3 atom stereocenters. The number of hydrogen-bond donors (Lipinski definition) is 0. The standard InChI is InChI=1S/C26H30INO5/c1-16-6-5-7-17(2)14-21(29)23-22(15-18(3)26(4,13-12-16)24(23)27)33-25(30)19-8-10-20(11-9-19)28(31)32/h6,8-11,14,18,22H,5,7,12-13,15H2,1-4H3/b16-6+,17-14-/t18-,22-,26+/m1/s1. The summed E-state index contributed by atoms with van der Waals surface area (Å²) in [5.41, 5.74) is 2.88. The van der Waals surface area contributed by atoms with Gasteiger partial charge < -0.3 is 4.74 Å². The molecule has 0 aromatic heterocycles. The fourth-order valence-corrected chi connectivity index (χ4v) is 5.90. The van der Waals surface area contributed by atoms with Crippen molar-refractivity contribution < 1.29 is 19.2 Å². The second-order valence-corrected chi connectivity index (χ2v) is 10.5. The number of allylic oxidation sites excluding steroid dienone is 5. The minimum Gasteiger partial charge on any atom is -0.454 e. The quantitative estimate of drug-likeness (QED) is 0.131. The van der Waals surface area contributed by atoms with E-state index in [0.717, 1.165) is 34.8 Å². The van der Waals surface area contributed by atoms with Crippen molar-refractivity contribution in [3.8, 4) is 0 Å². The van der Waals surface area contributed by atoms with Crippen molar-refractivity contribution >= 4 is 40.0 Å². The number of nitro benzene ring substituents is 1. The predicted octanol–water partition coefficient (Wildman–Crippen LogP) is 6.89. The van der Waals surface area contributed by atoms with E-state index in [1.165, 1.54) is 29.8 Å². The molecular formula is C26H30INO5. The SMILES string of the molecule is C/C1=C/C(=O)C2=C(I)[C@@](C)(CC/C(C)=C/CC1)[C@H](C)C[C@H]2OC(=O)c1ccc([N+](=O)[O-])cc1. The zero-order valence-electron chi connectivity index (χ0n) is 19.5. The Kier molecular flexibility index (Phi) is 7.92. The molecule has 0 unspecified atom stereocenters. The van der Waals surface area contributed by atoms with E-state index in [-0.39, 0.29) is 28.4 Å². The largest absolute Gasteiger partial charge is 0.454 e. The van der Waals surface area contributed by atoms with Crippen molar-refractivity contribution in [2.45, 2.75) is 65.9 Å². The number of nitro groups is 1. The van der Waals surface area contributed by atoms with Gasteiger partial charge in [0, 0.05) is 26.7 Å². The van der Waals surface area contributed by atoms with Crippen LogP contribution in [0.25, 0.3) is 0 Å². The Morgan fingerprint density at radius 3 is 2.48 bits per heavy atom. The van der Waals surface area contributed by atoms with Crippen LogP contribution in [0.15, 0.2) is 56.7 Å². The van der Waals surface area contributed by atoms with Crippen LogP contribution in [0, 0.1) is 21.4 Å². The lowest BCUT2D eigenvalue weighted by Gasteiger charge is -2.44. The highest BCUT2D eigenvalue weighted by atomic mass is 127. The van der Waals surface area contributed by atoms with Crippen molar-refractivity contribution in [2.75, 3.05) is 0 Å². The lowest BCUT2D eigenvalue weighted by Crippen LogP contribution is -2.40. The molecule has 2 aliphatic carbocycles. The second-order valence-electron chi connectivity index (χ2n) is 9.42. The zero-order valence-corrected chi connectivity index (χ0v) is 21.7. The van der Waals surface area contributed by atoms with E-state index < -0.39 is 17.0 Å². The molecule has 0 fully saturated rings. The van der Waals surface area contributed by atoms with Gasteiger partial charge in [0.2, 0.25) is 0 Å². The van der Waals surface area contributed by atoms with Crippen LogP contribution in [-0.2, 0) is 9.53 Å². The molecule has 0 aliphatic heterocycles. The maximum atomic E-state index is 13.4. The third kappa shape index (κ3) is 5.62. The Morgan fingerprint density at radius 2 is 1.85 bits per heavy atom. The van der Waals surface area contributed by atoms with Crippen molar-refractivity contribution in [1.82, 2.24) is 0 Å². The predicted molar refractivity (Wildman–Crippen MR) is 136 cm³/mol. The van der Waals surface area contributed by atoms with Gasteiger partial charge in [-0.05, 0) is 92.7 Å². The number of rotatable bonds is 3. The molecule has 1 aromatic rings. The summed E-state index contributed by atoms with van der Waals surface area (Å²) in [6.07, 6.45) is 7.46. The average Bonchev–Trinajstić information content (AvgIpc) is 2.75. The van der Waals surface area contributed by atoms with Gasteiger partial charge in [-0.15, -0.1) is 0 Å². The second kappa shape index (κ2) is 10.3. The first kappa shape index (κ1) is 25.3. The van der Waals surface area contributed by atoms with Crippen LogP contribution in [0.3, 0.4) is 0 Å². The molecule has 0 spiro atoms. The Bertz CT molecular complexity index is 1050. The number of carbonyl (C=O) groups excluding carboxylic acids is 2. The molecule has 176 valence electrons. The first-order valence-corrected chi connectivity index (χ1v) is 12.3. The summed E-state index contributed by atoms with van der Waals surface area (Å²) in [5.74, 6) is -0.477. The Balaban J connectivity index is 1.98. The molecule has 0 amide bonds. The molecular weight excluding hydrogens is 533 g/mol. The number of carbonyl (C=O) groups is 2. The smallest absolute Gasteiger partial charge is 0.338 e. The van der Waals surface area contributed by atoms with Gasteiger partial charge in [0.15, 0.2) is 5.78 Å². The first-order chi connectivity index (χ1) is 15.5. The number of non-ortho nitro benzene ring substituents is 1. The van der Waals surface area contributed by atoms with E-state index in [1.807, 2.05) is 6.92 Å². The summed E-state index contributed by atoms with van der Waals surface area (Å²) >= 11 is 2.28. The van der Waals surface area contributed by atoms with Crippen LogP contribution in [0.4, 0.5) is 5.69 Å². The molecule has 0 heterocycles. The lowest BCUT2D eigenvalue weighted by molar-refractivity contribution is -0.384. The van der Waals surface area contributed by atoms with E-state index in [9.17, 15) is 19.7 Å². The number of halogens is 1. The van der Waals surface area contributed by atoms with Crippen LogP contribution >= 0.6 is 22.6 Å². The molecule has 1 aromatic carbocycles. The Hall–Kier alpha value is -2.29. The molecule has 6 nitrogen and oxygen atoms in total. The number of fused-ring (bicyclic) bond motifs is 1. The maximum Gasteiger partial charge on any atom is 0.338 e. The van der Waals surface area contributed by atoms with Gasteiger partial charge in [-0.3, -0.25) is 14.9 Å². The van der Waals surface area contributed by atoms with Crippen molar-refractivity contribution in [3.05, 3.63) is 72.4 Å². The molecule has 2 aliphatic rings. The molecule has 0 N–H and O–H groups in total. The lowest BCUT2D eigenvalue weighted by atomic mass is 9.66. The van der Waals surface area contributed by atoms with Crippen LogP contribution in [-0.4, -0.2) is 22.8 Å². The summed E-state index contributed by atoms with van der Waals surface area (Å²) in [5, 5.41) is 10.9. The molecule has 0 saturated carbocycles. The van der Waals surface area contributed by atoms with E-state index in [1.54, 1.807) is 6.08 Å². The summed E-state index contributed by atoms with van der Waals surface area (Å²) in [6, 6.07) is 5.34. The summed E-state index contributed by atoms with van der Waals surface area (Å²) in [7, 11) is 0.